The van der Waals surface area contributed by atoms with Crippen molar-refractivity contribution in [1.82, 2.24) is 9.88 Å². The maximum atomic E-state index is 13.8. The number of carbonyl (C=O) groups is 1. The lowest BCUT2D eigenvalue weighted by Crippen LogP contribution is -2.32. The monoisotopic (exact) mass is 279 g/mol. The first-order valence-electron chi connectivity index (χ1n) is 6.49. The van der Waals surface area contributed by atoms with Crippen LogP contribution in [0.15, 0.2) is 12.1 Å². The second kappa shape index (κ2) is 4.56. The van der Waals surface area contributed by atoms with Crippen molar-refractivity contribution < 1.29 is 13.6 Å². The summed E-state index contributed by atoms with van der Waals surface area (Å²) in [4.78, 5) is 16.6. The second-order valence-corrected chi connectivity index (χ2v) is 5.27. The van der Waals surface area contributed by atoms with Gasteiger partial charge in [-0.25, -0.2) is 8.78 Å². The van der Waals surface area contributed by atoms with Crippen LogP contribution < -0.4 is 5.73 Å². The lowest BCUT2D eigenvalue weighted by molar-refractivity contribution is 0.0786. The molecule has 3 N–H and O–H groups in total. The predicted molar refractivity (Wildman–Crippen MR) is 71.4 cm³/mol. The lowest BCUT2D eigenvalue weighted by atomic mass is 10.1. The Morgan fingerprint density at radius 2 is 2.15 bits per heavy atom. The Morgan fingerprint density at radius 3 is 2.80 bits per heavy atom. The van der Waals surface area contributed by atoms with E-state index in [4.69, 9.17) is 5.73 Å². The molecule has 1 atom stereocenters. The van der Waals surface area contributed by atoms with Crippen LogP contribution in [-0.4, -0.2) is 34.9 Å². The van der Waals surface area contributed by atoms with Gasteiger partial charge in [0.1, 0.15) is 5.69 Å². The van der Waals surface area contributed by atoms with Gasteiger partial charge in [-0.1, -0.05) is 0 Å². The quantitative estimate of drug-likeness (QED) is 0.838. The number of likely N-dealkylation sites (tertiary alicyclic amines) is 1. The summed E-state index contributed by atoms with van der Waals surface area (Å²) in [5.41, 5.74) is 6.27. The van der Waals surface area contributed by atoms with Gasteiger partial charge in [-0.2, -0.15) is 0 Å². The van der Waals surface area contributed by atoms with Crippen molar-refractivity contribution in [2.75, 3.05) is 13.1 Å². The van der Waals surface area contributed by atoms with Crippen LogP contribution in [-0.2, 0) is 0 Å². The Kier molecular flexibility index (Phi) is 2.97. The fraction of sp³-hybridized carbons (Fsp3) is 0.357. The van der Waals surface area contributed by atoms with Gasteiger partial charge in [-0.3, -0.25) is 4.79 Å². The molecule has 106 valence electrons. The SMILES string of the molecule is Cc1cc2cc(C(=O)N3CC[C@@H](N)C3)[nH]c2c(F)c1F. The third-order valence-electron chi connectivity index (χ3n) is 3.72. The maximum absolute atomic E-state index is 13.8. The van der Waals surface area contributed by atoms with Crippen molar-refractivity contribution >= 4 is 16.8 Å². The Hall–Kier alpha value is -1.95. The van der Waals surface area contributed by atoms with E-state index in [1.54, 1.807) is 11.0 Å². The molecule has 4 nitrogen and oxygen atoms in total. The maximum Gasteiger partial charge on any atom is 0.270 e. The van der Waals surface area contributed by atoms with Gasteiger partial charge in [0.25, 0.3) is 5.91 Å². The summed E-state index contributed by atoms with van der Waals surface area (Å²) >= 11 is 0. The zero-order valence-corrected chi connectivity index (χ0v) is 11.0. The number of aromatic amines is 1. The molecule has 1 aliphatic heterocycles. The number of halogens is 2. The molecule has 0 unspecified atom stereocenters. The van der Waals surface area contributed by atoms with Gasteiger partial charge in [-0.05, 0) is 31.0 Å². The smallest absolute Gasteiger partial charge is 0.270 e. The summed E-state index contributed by atoms with van der Waals surface area (Å²) < 4.78 is 27.3. The van der Waals surface area contributed by atoms with Crippen molar-refractivity contribution in [1.29, 1.82) is 0 Å². The highest BCUT2D eigenvalue weighted by Gasteiger charge is 2.26. The molecule has 1 fully saturated rings. The van der Waals surface area contributed by atoms with Crippen molar-refractivity contribution in [2.45, 2.75) is 19.4 Å². The van der Waals surface area contributed by atoms with Gasteiger partial charge < -0.3 is 15.6 Å². The number of nitrogens with zero attached hydrogens (tertiary/aromatic N) is 1. The highest BCUT2D eigenvalue weighted by atomic mass is 19.2. The molecule has 0 bridgehead atoms. The van der Waals surface area contributed by atoms with Crippen molar-refractivity contribution in [2.24, 2.45) is 5.73 Å². The highest BCUT2D eigenvalue weighted by Crippen LogP contribution is 2.25. The molecule has 20 heavy (non-hydrogen) atoms. The second-order valence-electron chi connectivity index (χ2n) is 5.27. The van der Waals surface area contributed by atoms with Crippen LogP contribution in [0.1, 0.15) is 22.5 Å². The first-order chi connectivity index (χ1) is 9.47. The topological polar surface area (TPSA) is 62.1 Å². The van der Waals surface area contributed by atoms with Crippen LogP contribution in [0, 0.1) is 18.6 Å². The number of H-pyrrole nitrogens is 1. The van der Waals surface area contributed by atoms with Gasteiger partial charge in [0.15, 0.2) is 11.6 Å². The molecule has 1 amide bonds. The Bertz CT molecular complexity index is 695. The van der Waals surface area contributed by atoms with E-state index >= 15 is 0 Å². The lowest BCUT2D eigenvalue weighted by Gasteiger charge is -2.14. The van der Waals surface area contributed by atoms with Crippen LogP contribution in [0.3, 0.4) is 0 Å². The summed E-state index contributed by atoms with van der Waals surface area (Å²) in [7, 11) is 0. The third-order valence-corrected chi connectivity index (χ3v) is 3.72. The molecule has 2 aromatic rings. The minimum Gasteiger partial charge on any atom is -0.348 e. The van der Waals surface area contributed by atoms with Crippen molar-refractivity contribution in [3.63, 3.8) is 0 Å². The Balaban J connectivity index is 2.01. The molecule has 1 aromatic heterocycles. The fourth-order valence-electron chi connectivity index (χ4n) is 2.60. The average Bonchev–Trinajstić information content (AvgIpc) is 3.02. The van der Waals surface area contributed by atoms with Gasteiger partial charge in [0.2, 0.25) is 0 Å². The zero-order chi connectivity index (χ0) is 14.4. The van der Waals surface area contributed by atoms with Gasteiger partial charge in [0, 0.05) is 24.5 Å². The molecule has 0 aliphatic carbocycles. The fourth-order valence-corrected chi connectivity index (χ4v) is 2.60. The average molecular weight is 279 g/mol. The van der Waals surface area contributed by atoms with Crippen molar-refractivity contribution in [3.8, 4) is 0 Å². The minimum atomic E-state index is -0.947. The number of aryl methyl sites for hydroxylation is 1. The summed E-state index contributed by atoms with van der Waals surface area (Å²) in [6, 6.07) is 3.06. The van der Waals surface area contributed by atoms with E-state index in [1.807, 2.05) is 0 Å². The molecule has 6 heteroatoms. The van der Waals surface area contributed by atoms with Gasteiger partial charge in [0.05, 0.1) is 5.52 Å². The number of carbonyl (C=O) groups excluding carboxylic acids is 1. The van der Waals surface area contributed by atoms with Gasteiger partial charge >= 0.3 is 0 Å². The van der Waals surface area contributed by atoms with Crippen LogP contribution in [0.2, 0.25) is 0 Å². The first-order valence-corrected chi connectivity index (χ1v) is 6.49. The minimum absolute atomic E-state index is 0.0141. The summed E-state index contributed by atoms with van der Waals surface area (Å²) in [6.07, 6.45) is 0.758. The summed E-state index contributed by atoms with van der Waals surface area (Å²) in [5, 5.41) is 0.494. The number of aromatic nitrogens is 1. The predicted octanol–water partition coefficient (Wildman–Crippen LogP) is 1.93. The van der Waals surface area contributed by atoms with Crippen LogP contribution in [0.5, 0.6) is 0 Å². The molecule has 3 rings (SSSR count). The number of amides is 1. The standard InChI is InChI=1S/C14H15F2N3O/c1-7-4-8-5-10(18-13(8)12(16)11(7)15)14(20)19-3-2-9(17)6-19/h4-5,9,18H,2-3,6,17H2,1H3/t9-/m1/s1. The number of nitrogens with one attached hydrogen (secondary N) is 1. The Labute approximate surface area is 114 Å². The third kappa shape index (κ3) is 1.96. The van der Waals surface area contributed by atoms with Crippen molar-refractivity contribution in [3.05, 3.63) is 35.0 Å². The number of hydrogen-bond donors (Lipinski definition) is 2. The van der Waals surface area contributed by atoms with Crippen LogP contribution >= 0.6 is 0 Å². The summed E-state index contributed by atoms with van der Waals surface area (Å²) in [6.45, 7) is 2.57. The van der Waals surface area contributed by atoms with Gasteiger partial charge in [-0.15, -0.1) is 0 Å². The molecule has 1 aliphatic rings. The van der Waals surface area contributed by atoms with E-state index in [1.165, 1.54) is 13.0 Å². The van der Waals surface area contributed by atoms with E-state index in [2.05, 4.69) is 4.98 Å². The normalized spacial score (nSPS) is 19.0. The largest absolute Gasteiger partial charge is 0.348 e. The number of fused-ring (bicyclic) bond motifs is 1. The summed E-state index contributed by atoms with van der Waals surface area (Å²) in [5.74, 6) is -2.06. The highest BCUT2D eigenvalue weighted by molar-refractivity contribution is 5.98. The molecule has 1 aromatic carbocycles. The van der Waals surface area contributed by atoms with E-state index in [0.29, 0.717) is 18.5 Å². The molecular weight excluding hydrogens is 264 g/mol. The molecule has 0 saturated carbocycles. The van der Waals surface area contributed by atoms with E-state index in [9.17, 15) is 13.6 Å². The van der Waals surface area contributed by atoms with E-state index in [-0.39, 0.29) is 28.7 Å². The number of benzene rings is 1. The van der Waals surface area contributed by atoms with Crippen LogP contribution in [0.4, 0.5) is 8.78 Å². The number of nitrogens with two attached hydrogens (primary N) is 1. The molecule has 2 heterocycles. The number of hydrogen-bond acceptors (Lipinski definition) is 2. The first kappa shape index (κ1) is 13.1. The Morgan fingerprint density at radius 1 is 1.40 bits per heavy atom. The van der Waals surface area contributed by atoms with E-state index in [0.717, 1.165) is 6.42 Å². The zero-order valence-electron chi connectivity index (χ0n) is 11.0. The van der Waals surface area contributed by atoms with E-state index < -0.39 is 11.6 Å². The molecule has 0 radical (unpaired) electrons. The van der Waals surface area contributed by atoms with Crippen LogP contribution in [0.25, 0.3) is 10.9 Å². The molecule has 0 spiro atoms. The molecular formula is C14H15F2N3O. The molecule has 1 saturated heterocycles. The number of rotatable bonds is 1.